The summed E-state index contributed by atoms with van der Waals surface area (Å²) < 4.78 is 0. The fraction of sp³-hybridized carbons (Fsp3) is 0.333. The lowest BCUT2D eigenvalue weighted by Gasteiger charge is -1.96. The molecule has 2 heteroatoms. The average Bonchev–Trinajstić information content (AvgIpc) is 2.03. The Morgan fingerprint density at radius 2 is 2.27 bits per heavy atom. The van der Waals surface area contributed by atoms with Crippen LogP contribution in [0.3, 0.4) is 0 Å². The Hall–Kier alpha value is -1.18. The fourth-order valence-corrected chi connectivity index (χ4v) is 0.879. The van der Waals surface area contributed by atoms with Gasteiger partial charge in [0.1, 0.15) is 5.69 Å². The first kappa shape index (κ1) is 7.92. The lowest BCUT2D eigenvalue weighted by atomic mass is 10.2. The molecule has 0 radical (unpaired) electrons. The van der Waals surface area contributed by atoms with Crippen molar-refractivity contribution in [2.24, 2.45) is 0 Å². The largest absolute Gasteiger partial charge is 0.292 e. The van der Waals surface area contributed by atoms with Gasteiger partial charge in [0.2, 0.25) is 0 Å². The third-order valence-corrected chi connectivity index (χ3v) is 1.50. The molecule has 0 aromatic carbocycles. The van der Waals surface area contributed by atoms with E-state index in [2.05, 4.69) is 4.98 Å². The molecule has 1 heterocycles. The number of rotatable bonds is 2. The molecule has 0 aliphatic carbocycles. The minimum Gasteiger partial charge on any atom is -0.292 e. The van der Waals surface area contributed by atoms with Gasteiger partial charge in [0, 0.05) is 12.1 Å². The summed E-state index contributed by atoms with van der Waals surface area (Å²) in [5.41, 5.74) is 1.47. The van der Waals surface area contributed by atoms with E-state index in [0.717, 1.165) is 5.69 Å². The smallest absolute Gasteiger partial charge is 0.180 e. The molecule has 0 saturated carbocycles. The Bertz CT molecular complexity index is 268. The van der Waals surface area contributed by atoms with Crippen LogP contribution in [0.25, 0.3) is 0 Å². The van der Waals surface area contributed by atoms with Crippen molar-refractivity contribution in [2.75, 3.05) is 0 Å². The van der Waals surface area contributed by atoms with Crippen molar-refractivity contribution in [2.45, 2.75) is 20.3 Å². The van der Waals surface area contributed by atoms with E-state index in [0.29, 0.717) is 12.1 Å². The van der Waals surface area contributed by atoms with Crippen LogP contribution >= 0.6 is 0 Å². The van der Waals surface area contributed by atoms with Crippen molar-refractivity contribution in [1.29, 1.82) is 0 Å². The van der Waals surface area contributed by atoms with Crippen LogP contribution in [0, 0.1) is 6.92 Å². The molecule has 0 amide bonds. The van der Waals surface area contributed by atoms with E-state index in [1.807, 2.05) is 26.0 Å². The van der Waals surface area contributed by atoms with E-state index in [1.165, 1.54) is 0 Å². The van der Waals surface area contributed by atoms with Crippen LogP contribution in [0.4, 0.5) is 0 Å². The molecule has 0 saturated heterocycles. The number of pyridine rings is 1. The van der Waals surface area contributed by atoms with Crippen LogP contribution in [0.2, 0.25) is 0 Å². The van der Waals surface area contributed by atoms with Crippen molar-refractivity contribution in [3.05, 3.63) is 29.6 Å². The van der Waals surface area contributed by atoms with Crippen LogP contribution in [0.5, 0.6) is 0 Å². The molecule has 0 aliphatic rings. The maximum absolute atomic E-state index is 11.1. The minimum atomic E-state index is 0.105. The van der Waals surface area contributed by atoms with E-state index < -0.39 is 0 Å². The first-order valence-corrected chi connectivity index (χ1v) is 3.71. The molecule has 1 rings (SSSR count). The standard InChI is InChI=1S/C9H11NO/c1-3-9(11)8-6-4-5-7(2)10-8/h4-6H,3H2,1-2H3. The summed E-state index contributed by atoms with van der Waals surface area (Å²) in [5.74, 6) is 0.105. The Morgan fingerprint density at radius 1 is 1.55 bits per heavy atom. The van der Waals surface area contributed by atoms with Gasteiger partial charge in [0.05, 0.1) is 0 Å². The monoisotopic (exact) mass is 149 g/mol. The molecule has 2 nitrogen and oxygen atoms in total. The van der Waals surface area contributed by atoms with Crippen LogP contribution < -0.4 is 0 Å². The van der Waals surface area contributed by atoms with Crippen molar-refractivity contribution < 1.29 is 4.79 Å². The molecule has 0 atom stereocenters. The van der Waals surface area contributed by atoms with Crippen molar-refractivity contribution in [3.8, 4) is 0 Å². The van der Waals surface area contributed by atoms with Gasteiger partial charge in [-0.25, -0.2) is 0 Å². The summed E-state index contributed by atoms with van der Waals surface area (Å²) in [6, 6.07) is 5.48. The van der Waals surface area contributed by atoms with E-state index in [1.54, 1.807) is 6.07 Å². The lowest BCUT2D eigenvalue weighted by molar-refractivity contribution is 0.0983. The number of aromatic nitrogens is 1. The van der Waals surface area contributed by atoms with E-state index >= 15 is 0 Å². The Labute approximate surface area is 66.3 Å². The summed E-state index contributed by atoms with van der Waals surface area (Å²) in [6.07, 6.45) is 0.524. The highest BCUT2D eigenvalue weighted by molar-refractivity contribution is 5.93. The highest BCUT2D eigenvalue weighted by Crippen LogP contribution is 2.00. The van der Waals surface area contributed by atoms with Gasteiger partial charge in [-0.3, -0.25) is 9.78 Å². The lowest BCUT2D eigenvalue weighted by Crippen LogP contribution is -2.00. The van der Waals surface area contributed by atoms with Crippen molar-refractivity contribution in [1.82, 2.24) is 4.98 Å². The number of carbonyl (C=O) groups is 1. The van der Waals surface area contributed by atoms with Gasteiger partial charge >= 0.3 is 0 Å². The van der Waals surface area contributed by atoms with Gasteiger partial charge in [-0.15, -0.1) is 0 Å². The molecule has 0 unspecified atom stereocenters. The van der Waals surface area contributed by atoms with Crippen LogP contribution in [-0.2, 0) is 0 Å². The summed E-state index contributed by atoms with van der Waals surface area (Å²) in [7, 11) is 0. The molecule has 0 spiro atoms. The van der Waals surface area contributed by atoms with Crippen LogP contribution in [-0.4, -0.2) is 10.8 Å². The highest BCUT2D eigenvalue weighted by atomic mass is 16.1. The average molecular weight is 149 g/mol. The van der Waals surface area contributed by atoms with Crippen LogP contribution in [0.15, 0.2) is 18.2 Å². The predicted octanol–water partition coefficient (Wildman–Crippen LogP) is 1.98. The Balaban J connectivity index is 2.96. The second-order valence-electron chi connectivity index (χ2n) is 2.44. The predicted molar refractivity (Wildman–Crippen MR) is 43.6 cm³/mol. The molecule has 0 N–H and O–H groups in total. The van der Waals surface area contributed by atoms with Crippen molar-refractivity contribution >= 4 is 5.78 Å². The third kappa shape index (κ3) is 1.87. The summed E-state index contributed by atoms with van der Waals surface area (Å²) in [6.45, 7) is 3.72. The number of nitrogens with zero attached hydrogens (tertiary/aromatic N) is 1. The minimum absolute atomic E-state index is 0.105. The number of Topliss-reactive ketones (excluding diaryl/α,β-unsaturated/α-hetero) is 1. The Morgan fingerprint density at radius 3 is 2.82 bits per heavy atom. The number of ketones is 1. The second-order valence-corrected chi connectivity index (χ2v) is 2.44. The van der Waals surface area contributed by atoms with Crippen LogP contribution in [0.1, 0.15) is 29.5 Å². The van der Waals surface area contributed by atoms with Gasteiger partial charge in [0.25, 0.3) is 0 Å². The summed E-state index contributed by atoms with van der Waals surface area (Å²) in [4.78, 5) is 15.2. The molecule has 11 heavy (non-hydrogen) atoms. The van der Waals surface area contributed by atoms with Crippen molar-refractivity contribution in [3.63, 3.8) is 0 Å². The molecule has 58 valence electrons. The van der Waals surface area contributed by atoms with E-state index in [-0.39, 0.29) is 5.78 Å². The second kappa shape index (κ2) is 3.28. The molecular formula is C9H11NO. The molecule has 1 aromatic heterocycles. The quantitative estimate of drug-likeness (QED) is 0.602. The van der Waals surface area contributed by atoms with Gasteiger partial charge in [-0.2, -0.15) is 0 Å². The molecule has 0 bridgehead atoms. The Kier molecular flexibility index (Phi) is 2.36. The SMILES string of the molecule is CCC(=O)c1cccc(C)n1. The van der Waals surface area contributed by atoms with Gasteiger partial charge in [0.15, 0.2) is 5.78 Å². The van der Waals surface area contributed by atoms with E-state index in [9.17, 15) is 4.79 Å². The van der Waals surface area contributed by atoms with Gasteiger partial charge in [-0.05, 0) is 19.1 Å². The number of hydrogen-bond acceptors (Lipinski definition) is 2. The maximum Gasteiger partial charge on any atom is 0.180 e. The zero-order valence-corrected chi connectivity index (χ0v) is 6.79. The number of hydrogen-bond donors (Lipinski definition) is 0. The highest BCUT2D eigenvalue weighted by Gasteiger charge is 2.02. The van der Waals surface area contributed by atoms with Gasteiger partial charge in [-0.1, -0.05) is 13.0 Å². The summed E-state index contributed by atoms with van der Waals surface area (Å²) >= 11 is 0. The molecule has 0 aliphatic heterocycles. The number of carbonyl (C=O) groups excluding carboxylic acids is 1. The summed E-state index contributed by atoms with van der Waals surface area (Å²) in [5, 5.41) is 0. The number of aryl methyl sites for hydroxylation is 1. The molecule has 1 aromatic rings. The fourth-order valence-electron chi connectivity index (χ4n) is 0.879. The maximum atomic E-state index is 11.1. The zero-order valence-electron chi connectivity index (χ0n) is 6.79. The van der Waals surface area contributed by atoms with Gasteiger partial charge < -0.3 is 0 Å². The first-order chi connectivity index (χ1) is 5.24. The first-order valence-electron chi connectivity index (χ1n) is 3.71. The molecule has 0 fully saturated rings. The zero-order chi connectivity index (χ0) is 8.27. The van der Waals surface area contributed by atoms with E-state index in [4.69, 9.17) is 0 Å². The molecular weight excluding hydrogens is 138 g/mol. The topological polar surface area (TPSA) is 30.0 Å². The normalized spacial score (nSPS) is 9.64. The third-order valence-electron chi connectivity index (χ3n) is 1.50.